The molecule has 2 atom stereocenters. The summed E-state index contributed by atoms with van der Waals surface area (Å²) in [7, 11) is 1.55. The number of ether oxygens (including phenoxy) is 2. The van der Waals surface area contributed by atoms with E-state index in [1.807, 2.05) is 54.6 Å². The fourth-order valence-corrected chi connectivity index (χ4v) is 3.70. The van der Waals surface area contributed by atoms with Crippen molar-refractivity contribution in [1.29, 1.82) is 0 Å². The van der Waals surface area contributed by atoms with Gasteiger partial charge in [0.05, 0.1) is 17.6 Å². The number of nitrogens with one attached hydrogen (secondary N) is 1. The van der Waals surface area contributed by atoms with Crippen LogP contribution in [0.15, 0.2) is 54.6 Å². The van der Waals surface area contributed by atoms with Crippen molar-refractivity contribution in [3.8, 4) is 0 Å². The predicted octanol–water partition coefficient (Wildman–Crippen LogP) is 3.86. The Morgan fingerprint density at radius 2 is 1.71 bits per heavy atom. The summed E-state index contributed by atoms with van der Waals surface area (Å²) in [6.07, 6.45) is -0.851. The van der Waals surface area contributed by atoms with E-state index in [0.29, 0.717) is 18.2 Å². The minimum absolute atomic E-state index is 0.0446. The molecule has 0 heterocycles. The number of benzene rings is 2. The Bertz CT molecular complexity index is 755. The second-order valence-electron chi connectivity index (χ2n) is 6.07. The number of methoxy groups -OCH3 is 1. The van der Waals surface area contributed by atoms with Crippen LogP contribution in [0.1, 0.15) is 23.3 Å². The molecule has 2 rings (SSSR count). The molecule has 0 saturated carbocycles. The van der Waals surface area contributed by atoms with Crippen LogP contribution in [0.25, 0.3) is 0 Å². The van der Waals surface area contributed by atoms with Crippen molar-refractivity contribution >= 4 is 35.2 Å². The molecule has 0 fully saturated rings. The first-order chi connectivity index (χ1) is 13.5. The molecule has 0 saturated heterocycles. The summed E-state index contributed by atoms with van der Waals surface area (Å²) >= 11 is 7.44. The summed E-state index contributed by atoms with van der Waals surface area (Å²) in [5, 5.41) is 3.27. The lowest BCUT2D eigenvalue weighted by atomic mass is 10.0. The van der Waals surface area contributed by atoms with E-state index < -0.39 is 12.1 Å². The SMILES string of the molecule is COCCNC(=O)[C@H](C)OC(=O)CS[C@@H](c1ccccc1)c1ccc(Cl)cc1. The Labute approximate surface area is 174 Å². The van der Waals surface area contributed by atoms with Gasteiger partial charge in [0.15, 0.2) is 6.10 Å². The topological polar surface area (TPSA) is 64.6 Å². The first-order valence-corrected chi connectivity index (χ1v) is 10.3. The van der Waals surface area contributed by atoms with Crippen LogP contribution in [0.4, 0.5) is 0 Å². The van der Waals surface area contributed by atoms with Gasteiger partial charge in [0.1, 0.15) is 0 Å². The third-order valence-corrected chi connectivity index (χ3v) is 5.46. The number of rotatable bonds is 10. The van der Waals surface area contributed by atoms with Gasteiger partial charge < -0.3 is 14.8 Å². The summed E-state index contributed by atoms with van der Waals surface area (Å²) in [5.74, 6) is -0.653. The standard InChI is InChI=1S/C21H24ClNO4S/c1-15(21(25)23-12-13-26-2)27-19(24)14-28-20(16-6-4-3-5-7-16)17-8-10-18(22)11-9-17/h3-11,15,20H,12-14H2,1-2H3,(H,23,25)/t15-,20-/m0/s1. The number of amides is 1. The van der Waals surface area contributed by atoms with Gasteiger partial charge in [-0.3, -0.25) is 9.59 Å². The second-order valence-corrected chi connectivity index (χ2v) is 7.60. The highest BCUT2D eigenvalue weighted by molar-refractivity contribution is 8.00. The Morgan fingerprint density at radius 1 is 1.07 bits per heavy atom. The summed E-state index contributed by atoms with van der Waals surface area (Å²) in [6, 6.07) is 17.5. The van der Waals surface area contributed by atoms with Gasteiger partial charge in [0.2, 0.25) is 0 Å². The minimum Gasteiger partial charge on any atom is -0.452 e. The highest BCUT2D eigenvalue weighted by Crippen LogP contribution is 2.36. The Hall–Kier alpha value is -2.02. The fraction of sp³-hybridized carbons (Fsp3) is 0.333. The Morgan fingerprint density at radius 3 is 2.36 bits per heavy atom. The van der Waals surface area contributed by atoms with Crippen LogP contribution in [-0.4, -0.2) is 44.0 Å². The number of carbonyl (C=O) groups excluding carboxylic acids is 2. The van der Waals surface area contributed by atoms with Crippen LogP contribution in [0, 0.1) is 0 Å². The first kappa shape index (κ1) is 22.3. The van der Waals surface area contributed by atoms with Crippen LogP contribution in [0.3, 0.4) is 0 Å². The zero-order valence-electron chi connectivity index (χ0n) is 15.9. The molecule has 150 valence electrons. The maximum Gasteiger partial charge on any atom is 0.316 e. The Balaban J connectivity index is 1.96. The van der Waals surface area contributed by atoms with Gasteiger partial charge in [0, 0.05) is 18.7 Å². The summed E-state index contributed by atoms with van der Waals surface area (Å²) in [6.45, 7) is 2.33. The van der Waals surface area contributed by atoms with E-state index in [-0.39, 0.29) is 16.9 Å². The lowest BCUT2D eigenvalue weighted by Crippen LogP contribution is -2.37. The van der Waals surface area contributed by atoms with Gasteiger partial charge in [0.25, 0.3) is 5.91 Å². The molecule has 2 aromatic carbocycles. The van der Waals surface area contributed by atoms with Crippen molar-refractivity contribution in [2.45, 2.75) is 18.3 Å². The van der Waals surface area contributed by atoms with Crippen LogP contribution in [0.2, 0.25) is 5.02 Å². The molecule has 0 radical (unpaired) electrons. The number of halogens is 1. The quantitative estimate of drug-likeness (QED) is 0.466. The normalized spacial score (nSPS) is 12.8. The smallest absolute Gasteiger partial charge is 0.316 e. The molecular weight excluding hydrogens is 398 g/mol. The molecule has 0 unspecified atom stereocenters. The molecule has 0 bridgehead atoms. The van der Waals surface area contributed by atoms with E-state index in [9.17, 15) is 9.59 Å². The van der Waals surface area contributed by atoms with E-state index in [1.165, 1.54) is 11.8 Å². The molecule has 0 aliphatic carbocycles. The van der Waals surface area contributed by atoms with Crippen LogP contribution in [-0.2, 0) is 19.1 Å². The van der Waals surface area contributed by atoms with E-state index in [1.54, 1.807) is 14.0 Å². The van der Waals surface area contributed by atoms with Crippen molar-refractivity contribution in [2.75, 3.05) is 26.0 Å². The highest BCUT2D eigenvalue weighted by atomic mass is 35.5. The van der Waals surface area contributed by atoms with Gasteiger partial charge in [-0.05, 0) is 30.2 Å². The molecule has 5 nitrogen and oxygen atoms in total. The predicted molar refractivity (Wildman–Crippen MR) is 113 cm³/mol. The van der Waals surface area contributed by atoms with E-state index in [0.717, 1.165) is 11.1 Å². The maximum atomic E-state index is 12.2. The Kier molecular flexibility index (Phi) is 9.34. The zero-order chi connectivity index (χ0) is 20.4. The van der Waals surface area contributed by atoms with Crippen LogP contribution >= 0.6 is 23.4 Å². The molecular formula is C21H24ClNO4S. The van der Waals surface area contributed by atoms with Gasteiger partial charge in [-0.15, -0.1) is 11.8 Å². The average molecular weight is 422 g/mol. The van der Waals surface area contributed by atoms with Crippen molar-refractivity contribution < 1.29 is 19.1 Å². The number of esters is 1. The monoisotopic (exact) mass is 421 g/mol. The lowest BCUT2D eigenvalue weighted by molar-refractivity contribution is -0.152. The van der Waals surface area contributed by atoms with Crippen molar-refractivity contribution in [1.82, 2.24) is 5.32 Å². The van der Waals surface area contributed by atoms with Crippen molar-refractivity contribution in [3.63, 3.8) is 0 Å². The summed E-state index contributed by atoms with van der Waals surface area (Å²) < 4.78 is 10.1. The molecule has 0 aromatic heterocycles. The first-order valence-electron chi connectivity index (χ1n) is 8.89. The molecule has 2 aromatic rings. The minimum atomic E-state index is -0.851. The molecule has 28 heavy (non-hydrogen) atoms. The molecule has 1 N–H and O–H groups in total. The number of hydrogen-bond donors (Lipinski definition) is 1. The van der Waals surface area contributed by atoms with Crippen LogP contribution < -0.4 is 5.32 Å². The number of hydrogen-bond acceptors (Lipinski definition) is 5. The molecule has 1 amide bonds. The van der Waals surface area contributed by atoms with E-state index in [2.05, 4.69) is 5.32 Å². The van der Waals surface area contributed by atoms with Gasteiger partial charge in [-0.1, -0.05) is 54.1 Å². The van der Waals surface area contributed by atoms with Gasteiger partial charge in [-0.2, -0.15) is 0 Å². The average Bonchev–Trinajstić information content (AvgIpc) is 2.70. The molecule has 0 spiro atoms. The summed E-state index contributed by atoms with van der Waals surface area (Å²) in [4.78, 5) is 24.1. The van der Waals surface area contributed by atoms with Crippen LogP contribution in [0.5, 0.6) is 0 Å². The second kappa shape index (κ2) is 11.7. The summed E-state index contributed by atoms with van der Waals surface area (Å²) in [5.41, 5.74) is 2.12. The number of thioether (sulfide) groups is 1. The van der Waals surface area contributed by atoms with Gasteiger partial charge in [-0.25, -0.2) is 0 Å². The number of carbonyl (C=O) groups is 2. The lowest BCUT2D eigenvalue weighted by Gasteiger charge is -2.18. The highest BCUT2D eigenvalue weighted by Gasteiger charge is 2.20. The third-order valence-electron chi connectivity index (χ3n) is 3.93. The molecule has 0 aliphatic rings. The zero-order valence-corrected chi connectivity index (χ0v) is 17.5. The van der Waals surface area contributed by atoms with Crippen molar-refractivity contribution in [2.24, 2.45) is 0 Å². The van der Waals surface area contributed by atoms with E-state index in [4.69, 9.17) is 21.1 Å². The fourth-order valence-electron chi connectivity index (χ4n) is 2.51. The molecule has 7 heteroatoms. The molecule has 0 aliphatic heterocycles. The van der Waals surface area contributed by atoms with E-state index >= 15 is 0 Å². The largest absolute Gasteiger partial charge is 0.452 e. The van der Waals surface area contributed by atoms with Crippen molar-refractivity contribution in [3.05, 3.63) is 70.7 Å². The van der Waals surface area contributed by atoms with Gasteiger partial charge >= 0.3 is 5.97 Å². The maximum absolute atomic E-state index is 12.2. The third kappa shape index (κ3) is 7.19.